The summed E-state index contributed by atoms with van der Waals surface area (Å²) in [7, 11) is 0. The summed E-state index contributed by atoms with van der Waals surface area (Å²) < 4.78 is 11.5. The first-order valence-electron chi connectivity index (χ1n) is 10.6. The fraction of sp³-hybridized carbons (Fsp3) is 0.0741. The molecule has 0 unspecified atom stereocenters. The Kier molecular flexibility index (Phi) is 4.26. The lowest BCUT2D eigenvalue weighted by atomic mass is 9.85. The summed E-state index contributed by atoms with van der Waals surface area (Å²) >= 11 is 0. The van der Waals surface area contributed by atoms with Gasteiger partial charge in [-0.15, -0.1) is 0 Å². The molecule has 0 saturated heterocycles. The quantitative estimate of drug-likeness (QED) is 0.283. The van der Waals surface area contributed by atoms with Gasteiger partial charge in [0.15, 0.2) is 5.76 Å². The molecule has 1 N–H and O–H groups in total. The van der Waals surface area contributed by atoms with Gasteiger partial charge in [0.1, 0.15) is 11.5 Å². The van der Waals surface area contributed by atoms with Crippen molar-refractivity contribution < 1.29 is 19.1 Å². The number of nitrogens with one attached hydrogen (secondary N) is 1. The van der Waals surface area contributed by atoms with Crippen molar-refractivity contribution in [3.8, 4) is 11.5 Å². The highest BCUT2D eigenvalue weighted by Crippen LogP contribution is 2.48. The third-order valence-corrected chi connectivity index (χ3v) is 6.03. The van der Waals surface area contributed by atoms with Gasteiger partial charge in [-0.2, -0.15) is 0 Å². The molecule has 0 bridgehead atoms. The van der Waals surface area contributed by atoms with Crippen molar-refractivity contribution in [2.45, 2.75) is 12.3 Å². The maximum absolute atomic E-state index is 13.1. The maximum Gasteiger partial charge on any atom is 0.312 e. The minimum absolute atomic E-state index is 0.0276. The van der Waals surface area contributed by atoms with Crippen LogP contribution in [0, 0.1) is 0 Å². The molecule has 33 heavy (non-hydrogen) atoms. The molecular formula is C27H17NO5. The number of pyridine rings is 1. The molecule has 0 radical (unpaired) electrons. The van der Waals surface area contributed by atoms with E-state index in [1.165, 1.54) is 0 Å². The largest absolute Gasteiger partial charge is 0.452 e. The number of H-pyrrole nitrogens is 1. The minimum Gasteiger partial charge on any atom is -0.452 e. The van der Waals surface area contributed by atoms with E-state index >= 15 is 0 Å². The molecule has 0 amide bonds. The first-order valence-corrected chi connectivity index (χ1v) is 10.6. The molecule has 1 aromatic heterocycles. The molecule has 6 rings (SSSR count). The molecular weight excluding hydrogens is 418 g/mol. The zero-order valence-corrected chi connectivity index (χ0v) is 17.3. The Morgan fingerprint density at radius 2 is 1.67 bits per heavy atom. The average Bonchev–Trinajstić information content (AvgIpc) is 3.13. The SMILES string of the molecule is O=C1C[C@H](c2cc3ccccc3[nH]c2=O)c2c(ccc3c2O/C(=C\c2ccccc2)C3=O)O1. The molecule has 160 valence electrons. The number of carbonyl (C=O) groups excluding carboxylic acids is 2. The van der Waals surface area contributed by atoms with E-state index in [1.807, 2.05) is 54.6 Å². The van der Waals surface area contributed by atoms with E-state index in [-0.39, 0.29) is 23.5 Å². The number of hydrogen-bond donors (Lipinski definition) is 1. The lowest BCUT2D eigenvalue weighted by Gasteiger charge is -2.26. The van der Waals surface area contributed by atoms with Gasteiger partial charge in [0.25, 0.3) is 5.56 Å². The predicted octanol–water partition coefficient (Wildman–Crippen LogP) is 4.59. The number of ketones is 1. The van der Waals surface area contributed by atoms with Crippen molar-refractivity contribution in [2.75, 3.05) is 0 Å². The number of ether oxygens (including phenoxy) is 2. The van der Waals surface area contributed by atoms with Gasteiger partial charge in [-0.1, -0.05) is 48.5 Å². The standard InChI is InChI=1S/C27H17NO5/c29-23-14-18(19-13-16-8-4-5-9-20(16)28-27(19)31)24-21(32-23)11-10-17-25(30)22(33-26(17)24)12-15-6-2-1-3-7-15/h1-13,18H,14H2,(H,28,31)/b22-12-/t18-/m1/s1. The molecule has 0 saturated carbocycles. The second-order valence-electron chi connectivity index (χ2n) is 8.08. The Bertz CT molecular complexity index is 1550. The lowest BCUT2D eigenvalue weighted by molar-refractivity contribution is -0.135. The number of aromatic amines is 1. The number of aromatic nitrogens is 1. The molecule has 0 aliphatic carbocycles. The summed E-state index contributed by atoms with van der Waals surface area (Å²) in [6.07, 6.45) is 1.65. The molecule has 6 nitrogen and oxygen atoms in total. The van der Waals surface area contributed by atoms with Crippen LogP contribution in [-0.4, -0.2) is 16.7 Å². The van der Waals surface area contributed by atoms with Gasteiger partial charge in [0.2, 0.25) is 5.78 Å². The molecule has 4 aromatic rings. The van der Waals surface area contributed by atoms with Crippen LogP contribution in [0.3, 0.4) is 0 Å². The van der Waals surface area contributed by atoms with Gasteiger partial charge in [-0.3, -0.25) is 14.4 Å². The first kappa shape index (κ1) is 19.3. The molecule has 2 aliphatic heterocycles. The molecule has 0 spiro atoms. The zero-order valence-electron chi connectivity index (χ0n) is 17.3. The monoisotopic (exact) mass is 435 g/mol. The van der Waals surface area contributed by atoms with Crippen LogP contribution in [0.5, 0.6) is 11.5 Å². The second kappa shape index (κ2) is 7.31. The predicted molar refractivity (Wildman–Crippen MR) is 122 cm³/mol. The number of esters is 1. The number of para-hydroxylation sites is 1. The van der Waals surface area contributed by atoms with E-state index in [0.717, 1.165) is 10.9 Å². The highest BCUT2D eigenvalue weighted by atomic mass is 16.5. The Morgan fingerprint density at radius 1 is 0.879 bits per heavy atom. The van der Waals surface area contributed by atoms with E-state index in [4.69, 9.17) is 9.47 Å². The summed E-state index contributed by atoms with van der Waals surface area (Å²) in [4.78, 5) is 41.4. The summed E-state index contributed by atoms with van der Waals surface area (Å²) in [6, 6.07) is 21.8. The van der Waals surface area contributed by atoms with Crippen LogP contribution >= 0.6 is 0 Å². The summed E-state index contributed by atoms with van der Waals surface area (Å²) in [5.74, 6) is -0.466. The Hall–Kier alpha value is -4.45. The highest BCUT2D eigenvalue weighted by molar-refractivity contribution is 6.15. The number of allylic oxidation sites excluding steroid dienone is 1. The first-order chi connectivity index (χ1) is 16.1. The van der Waals surface area contributed by atoms with Gasteiger partial charge >= 0.3 is 5.97 Å². The van der Waals surface area contributed by atoms with Crippen LogP contribution in [0.15, 0.2) is 83.4 Å². The zero-order chi connectivity index (χ0) is 22.5. The number of hydrogen-bond acceptors (Lipinski definition) is 5. The third-order valence-electron chi connectivity index (χ3n) is 6.03. The topological polar surface area (TPSA) is 85.5 Å². The molecule has 3 aromatic carbocycles. The van der Waals surface area contributed by atoms with Crippen LogP contribution in [0.1, 0.15) is 39.4 Å². The summed E-state index contributed by atoms with van der Waals surface area (Å²) in [5.41, 5.74) is 2.60. The second-order valence-corrected chi connectivity index (χ2v) is 8.08. The Balaban J connectivity index is 1.52. The van der Waals surface area contributed by atoms with E-state index in [2.05, 4.69) is 4.98 Å². The van der Waals surface area contributed by atoms with Crippen LogP contribution in [0.2, 0.25) is 0 Å². The normalized spacial score (nSPS) is 18.1. The fourth-order valence-electron chi connectivity index (χ4n) is 4.50. The van der Waals surface area contributed by atoms with Gasteiger partial charge in [0, 0.05) is 22.6 Å². The van der Waals surface area contributed by atoms with Crippen molar-refractivity contribution in [2.24, 2.45) is 0 Å². The van der Waals surface area contributed by atoms with E-state index in [0.29, 0.717) is 33.7 Å². The third kappa shape index (κ3) is 3.15. The minimum atomic E-state index is -0.603. The molecule has 0 fully saturated rings. The number of carbonyl (C=O) groups is 2. The van der Waals surface area contributed by atoms with Crippen LogP contribution < -0.4 is 15.0 Å². The van der Waals surface area contributed by atoms with Crippen LogP contribution in [-0.2, 0) is 4.79 Å². The van der Waals surface area contributed by atoms with Crippen LogP contribution in [0.4, 0.5) is 0 Å². The highest BCUT2D eigenvalue weighted by Gasteiger charge is 2.39. The van der Waals surface area contributed by atoms with E-state index in [9.17, 15) is 14.4 Å². The van der Waals surface area contributed by atoms with Crippen molar-refractivity contribution >= 4 is 28.7 Å². The maximum atomic E-state index is 13.1. The number of rotatable bonds is 2. The molecule has 3 heterocycles. The fourth-order valence-corrected chi connectivity index (χ4v) is 4.50. The number of benzene rings is 3. The van der Waals surface area contributed by atoms with Crippen molar-refractivity contribution in [1.29, 1.82) is 0 Å². The number of fused-ring (bicyclic) bond motifs is 4. The molecule has 2 aliphatic rings. The van der Waals surface area contributed by atoms with E-state index < -0.39 is 11.9 Å². The number of Topliss-reactive ketones (excluding diaryl/α,β-unsaturated/α-hetero) is 1. The summed E-state index contributed by atoms with van der Waals surface area (Å²) in [6.45, 7) is 0. The van der Waals surface area contributed by atoms with E-state index in [1.54, 1.807) is 24.3 Å². The van der Waals surface area contributed by atoms with Gasteiger partial charge < -0.3 is 14.5 Å². The Labute approximate surface area is 188 Å². The average molecular weight is 435 g/mol. The van der Waals surface area contributed by atoms with Gasteiger partial charge in [-0.05, 0) is 41.3 Å². The summed E-state index contributed by atoms with van der Waals surface area (Å²) in [5, 5.41) is 0.849. The van der Waals surface area contributed by atoms with Crippen molar-refractivity contribution in [3.63, 3.8) is 0 Å². The van der Waals surface area contributed by atoms with Gasteiger partial charge in [-0.25, -0.2) is 0 Å². The van der Waals surface area contributed by atoms with Crippen molar-refractivity contribution in [3.05, 3.63) is 111 Å². The Morgan fingerprint density at radius 3 is 2.52 bits per heavy atom. The van der Waals surface area contributed by atoms with Crippen molar-refractivity contribution in [1.82, 2.24) is 4.98 Å². The van der Waals surface area contributed by atoms with Crippen LogP contribution in [0.25, 0.3) is 17.0 Å². The molecule has 1 atom stereocenters. The molecule has 6 heteroatoms. The van der Waals surface area contributed by atoms with Gasteiger partial charge in [0.05, 0.1) is 12.0 Å². The lowest BCUT2D eigenvalue weighted by Crippen LogP contribution is -2.26. The smallest absolute Gasteiger partial charge is 0.312 e.